The molecular weight excluding hydrogens is 263 g/mol. The summed E-state index contributed by atoms with van der Waals surface area (Å²) in [5.41, 5.74) is -0.976. The van der Waals surface area contributed by atoms with Crippen molar-refractivity contribution in [3.05, 3.63) is 23.8 Å². The molecule has 0 fully saturated rings. The fourth-order valence-electron chi connectivity index (χ4n) is 1.37. The molecule has 0 aliphatic heterocycles. The molecule has 7 heteroatoms. The predicted molar refractivity (Wildman–Crippen MR) is 63.2 cm³/mol. The predicted octanol–water partition coefficient (Wildman–Crippen LogP) is 3.67. The number of benzene rings is 1. The molecule has 106 valence electrons. The van der Waals surface area contributed by atoms with Crippen molar-refractivity contribution in [3.63, 3.8) is 0 Å². The Bertz CT molecular complexity index is 458. The van der Waals surface area contributed by atoms with Crippen LogP contribution in [0, 0.1) is 0 Å². The van der Waals surface area contributed by atoms with Crippen molar-refractivity contribution in [1.82, 2.24) is 0 Å². The van der Waals surface area contributed by atoms with Crippen LogP contribution in [0.2, 0.25) is 0 Å². The molecule has 0 saturated carbocycles. The number of anilines is 1. The third-order valence-electron chi connectivity index (χ3n) is 2.09. The molecule has 1 N–H and O–H groups in total. The average molecular weight is 277 g/mol. The summed E-state index contributed by atoms with van der Waals surface area (Å²) in [6.45, 7) is 3.27. The number of amides is 1. The molecule has 0 heterocycles. The molecule has 0 unspecified atom stereocenters. The molecule has 0 radical (unpaired) electrons. The van der Waals surface area contributed by atoms with E-state index in [0.717, 1.165) is 19.2 Å². The number of alkyl halides is 3. The second-order valence-corrected chi connectivity index (χ2v) is 3.99. The van der Waals surface area contributed by atoms with Gasteiger partial charge >= 0.3 is 12.3 Å². The normalized spacial score (nSPS) is 11.3. The highest BCUT2D eigenvalue weighted by molar-refractivity contribution is 5.85. The lowest BCUT2D eigenvalue weighted by Gasteiger charge is -2.14. The number of rotatable bonds is 3. The summed E-state index contributed by atoms with van der Waals surface area (Å²) >= 11 is 0. The van der Waals surface area contributed by atoms with Crippen molar-refractivity contribution in [1.29, 1.82) is 0 Å². The van der Waals surface area contributed by atoms with E-state index in [0.29, 0.717) is 0 Å². The molecule has 1 rings (SSSR count). The number of carbonyl (C=O) groups excluding carboxylic acids is 1. The van der Waals surface area contributed by atoms with Gasteiger partial charge in [-0.05, 0) is 32.0 Å². The second-order valence-electron chi connectivity index (χ2n) is 3.99. The fourth-order valence-corrected chi connectivity index (χ4v) is 1.37. The number of nitrogens with one attached hydrogen (secondary N) is 1. The first-order valence-corrected chi connectivity index (χ1v) is 5.47. The van der Waals surface area contributed by atoms with E-state index in [1.807, 2.05) is 0 Å². The van der Waals surface area contributed by atoms with E-state index in [9.17, 15) is 18.0 Å². The first-order chi connectivity index (χ1) is 8.74. The number of halogens is 3. The van der Waals surface area contributed by atoms with Gasteiger partial charge in [-0.1, -0.05) is 0 Å². The number of ether oxygens (including phenoxy) is 2. The maximum atomic E-state index is 12.7. The molecule has 0 aliphatic carbocycles. The first kappa shape index (κ1) is 15.1. The lowest BCUT2D eigenvalue weighted by molar-refractivity contribution is -0.138. The minimum atomic E-state index is -4.56. The van der Waals surface area contributed by atoms with Crippen LogP contribution in [0.5, 0.6) is 5.75 Å². The van der Waals surface area contributed by atoms with Crippen LogP contribution in [0.3, 0.4) is 0 Å². The topological polar surface area (TPSA) is 47.6 Å². The van der Waals surface area contributed by atoms with Crippen molar-refractivity contribution in [2.75, 3.05) is 12.4 Å². The zero-order chi connectivity index (χ0) is 14.6. The standard InChI is InChI=1S/C12H14F3NO3/c1-7(2)19-11(17)16-8-4-5-10(18-3)9(6-8)12(13,14)15/h4-7H,1-3H3,(H,16,17). The van der Waals surface area contributed by atoms with Crippen molar-refractivity contribution in [2.24, 2.45) is 0 Å². The van der Waals surface area contributed by atoms with Gasteiger partial charge in [-0.2, -0.15) is 13.2 Å². The van der Waals surface area contributed by atoms with Crippen LogP contribution in [-0.2, 0) is 10.9 Å². The third-order valence-corrected chi connectivity index (χ3v) is 2.09. The Kier molecular flexibility index (Phi) is 4.63. The Balaban J connectivity index is 2.96. The highest BCUT2D eigenvalue weighted by Gasteiger charge is 2.34. The summed E-state index contributed by atoms with van der Waals surface area (Å²) < 4.78 is 47.6. The summed E-state index contributed by atoms with van der Waals surface area (Å²) in [6.07, 6.45) is -5.74. The molecule has 19 heavy (non-hydrogen) atoms. The summed E-state index contributed by atoms with van der Waals surface area (Å²) in [7, 11) is 1.14. The molecule has 0 spiro atoms. The molecule has 0 aliphatic rings. The number of carbonyl (C=O) groups is 1. The van der Waals surface area contributed by atoms with Crippen LogP contribution < -0.4 is 10.1 Å². The molecule has 0 bridgehead atoms. The van der Waals surface area contributed by atoms with Gasteiger partial charge < -0.3 is 9.47 Å². The van der Waals surface area contributed by atoms with Crippen LogP contribution in [0.25, 0.3) is 0 Å². The van der Waals surface area contributed by atoms with E-state index in [-0.39, 0.29) is 17.5 Å². The first-order valence-electron chi connectivity index (χ1n) is 5.47. The van der Waals surface area contributed by atoms with E-state index < -0.39 is 17.8 Å². The van der Waals surface area contributed by atoms with Gasteiger partial charge in [-0.15, -0.1) is 0 Å². The maximum absolute atomic E-state index is 12.7. The Morgan fingerprint density at radius 2 is 1.95 bits per heavy atom. The lowest BCUT2D eigenvalue weighted by atomic mass is 10.1. The van der Waals surface area contributed by atoms with Crippen LogP contribution in [0.15, 0.2) is 18.2 Å². The SMILES string of the molecule is COc1ccc(NC(=O)OC(C)C)cc1C(F)(F)F. The van der Waals surface area contributed by atoms with Gasteiger partial charge in [-0.3, -0.25) is 5.32 Å². The molecular formula is C12H14F3NO3. The van der Waals surface area contributed by atoms with E-state index >= 15 is 0 Å². The van der Waals surface area contributed by atoms with Gasteiger partial charge in [0, 0.05) is 5.69 Å². The lowest BCUT2D eigenvalue weighted by Crippen LogP contribution is -2.18. The van der Waals surface area contributed by atoms with Crippen molar-refractivity contribution in [3.8, 4) is 5.75 Å². The highest BCUT2D eigenvalue weighted by atomic mass is 19.4. The highest BCUT2D eigenvalue weighted by Crippen LogP contribution is 2.37. The summed E-state index contributed by atoms with van der Waals surface area (Å²) in [6, 6.07) is 3.23. The summed E-state index contributed by atoms with van der Waals surface area (Å²) in [5, 5.41) is 2.22. The molecule has 4 nitrogen and oxygen atoms in total. The second kappa shape index (κ2) is 5.81. The molecule has 1 aromatic carbocycles. The van der Waals surface area contributed by atoms with Crippen molar-refractivity contribution in [2.45, 2.75) is 26.1 Å². The van der Waals surface area contributed by atoms with E-state index in [2.05, 4.69) is 10.1 Å². The zero-order valence-electron chi connectivity index (χ0n) is 10.7. The molecule has 1 amide bonds. The molecule has 0 aromatic heterocycles. The van der Waals surface area contributed by atoms with Crippen LogP contribution in [0.1, 0.15) is 19.4 Å². The van der Waals surface area contributed by atoms with Crippen molar-refractivity contribution >= 4 is 11.8 Å². The van der Waals surface area contributed by atoms with Gasteiger partial charge in [0.25, 0.3) is 0 Å². The molecule has 1 aromatic rings. The summed E-state index contributed by atoms with van der Waals surface area (Å²) in [4.78, 5) is 11.3. The summed E-state index contributed by atoms with van der Waals surface area (Å²) in [5.74, 6) is -0.310. The Morgan fingerprint density at radius 1 is 1.32 bits per heavy atom. The van der Waals surface area contributed by atoms with Gasteiger partial charge in [0.05, 0.1) is 18.8 Å². The van der Waals surface area contributed by atoms with Crippen molar-refractivity contribution < 1.29 is 27.4 Å². The van der Waals surface area contributed by atoms with Crippen LogP contribution >= 0.6 is 0 Å². The largest absolute Gasteiger partial charge is 0.496 e. The Labute approximate surface area is 108 Å². The van der Waals surface area contributed by atoms with E-state index in [1.165, 1.54) is 6.07 Å². The molecule has 0 saturated heterocycles. The van der Waals surface area contributed by atoms with Gasteiger partial charge in [0.1, 0.15) is 5.75 Å². The van der Waals surface area contributed by atoms with Gasteiger partial charge in [-0.25, -0.2) is 4.79 Å². The number of hydrogen-bond donors (Lipinski definition) is 1. The fraction of sp³-hybridized carbons (Fsp3) is 0.417. The minimum Gasteiger partial charge on any atom is -0.496 e. The maximum Gasteiger partial charge on any atom is 0.420 e. The minimum absolute atomic E-state index is 0.0150. The van der Waals surface area contributed by atoms with E-state index in [4.69, 9.17) is 4.74 Å². The van der Waals surface area contributed by atoms with E-state index in [1.54, 1.807) is 13.8 Å². The van der Waals surface area contributed by atoms with Gasteiger partial charge in [0.15, 0.2) is 0 Å². The third kappa shape index (κ3) is 4.35. The number of methoxy groups -OCH3 is 1. The average Bonchev–Trinajstić information content (AvgIpc) is 2.26. The Morgan fingerprint density at radius 3 is 2.42 bits per heavy atom. The van der Waals surface area contributed by atoms with Gasteiger partial charge in [0.2, 0.25) is 0 Å². The number of hydrogen-bond acceptors (Lipinski definition) is 3. The zero-order valence-corrected chi connectivity index (χ0v) is 10.7. The van der Waals surface area contributed by atoms with Crippen LogP contribution in [-0.4, -0.2) is 19.3 Å². The van der Waals surface area contributed by atoms with Crippen LogP contribution in [0.4, 0.5) is 23.7 Å². The molecule has 0 atom stereocenters. The Hall–Kier alpha value is -1.92. The quantitative estimate of drug-likeness (QED) is 0.917. The smallest absolute Gasteiger partial charge is 0.420 e. The monoisotopic (exact) mass is 277 g/mol.